The number of furan rings is 1. The van der Waals surface area contributed by atoms with Crippen LogP contribution in [0.25, 0.3) is 101 Å². The van der Waals surface area contributed by atoms with Crippen LogP contribution in [0.3, 0.4) is 0 Å². The van der Waals surface area contributed by atoms with E-state index in [1.165, 1.54) is 16.3 Å². The smallest absolute Gasteiger partial charge is 0.166 e. The fourth-order valence-electron chi connectivity index (χ4n) is 8.68. The van der Waals surface area contributed by atoms with Gasteiger partial charge in [0.05, 0.1) is 11.0 Å². The lowest BCUT2D eigenvalue weighted by molar-refractivity contribution is 0.584. The van der Waals surface area contributed by atoms with E-state index < -0.39 is 0 Å². The molecule has 0 spiro atoms. The van der Waals surface area contributed by atoms with Gasteiger partial charge in [-0.1, -0.05) is 128 Å². The van der Waals surface area contributed by atoms with Crippen molar-refractivity contribution in [3.63, 3.8) is 0 Å². The Morgan fingerprint density at radius 3 is 2.05 bits per heavy atom. The molecule has 0 radical (unpaired) electrons. The Hall–Kier alpha value is -7.37. The molecule has 5 nitrogen and oxygen atoms in total. The van der Waals surface area contributed by atoms with Crippen LogP contribution < -0.4 is 0 Å². The summed E-state index contributed by atoms with van der Waals surface area (Å²) in [7, 11) is 0. The maximum atomic E-state index is 6.39. The highest BCUT2D eigenvalue weighted by molar-refractivity contribution is 6.13. The molecule has 0 saturated heterocycles. The monoisotopic (exact) mass is 746 g/mol. The summed E-state index contributed by atoms with van der Waals surface area (Å²) in [6.07, 6.45) is 5.35. The van der Waals surface area contributed by atoms with Crippen molar-refractivity contribution >= 4 is 38.9 Å². The van der Waals surface area contributed by atoms with E-state index in [2.05, 4.69) is 188 Å². The summed E-state index contributed by atoms with van der Waals surface area (Å²) in [5, 5.41) is 3.51. The maximum Gasteiger partial charge on any atom is 0.166 e. The maximum absolute atomic E-state index is 6.39. The van der Waals surface area contributed by atoms with Crippen molar-refractivity contribution in [1.29, 1.82) is 0 Å². The van der Waals surface area contributed by atoms with Crippen LogP contribution in [-0.2, 0) is 6.42 Å². The van der Waals surface area contributed by atoms with Crippen LogP contribution in [0.5, 0.6) is 0 Å². The van der Waals surface area contributed by atoms with Crippen LogP contribution in [-0.4, -0.2) is 19.5 Å². The molecule has 1 aliphatic carbocycles. The van der Waals surface area contributed by atoms with Gasteiger partial charge in [-0.25, -0.2) is 15.0 Å². The number of para-hydroxylation sites is 3. The van der Waals surface area contributed by atoms with Crippen molar-refractivity contribution in [3.8, 4) is 62.1 Å². The van der Waals surface area contributed by atoms with E-state index in [0.717, 1.165) is 84.4 Å². The average molecular weight is 747 g/mol. The molecular formula is C53H38N4O. The Bertz CT molecular complexity index is 3230. The van der Waals surface area contributed by atoms with E-state index in [4.69, 9.17) is 19.4 Å². The summed E-state index contributed by atoms with van der Waals surface area (Å²) in [6, 6.07) is 57.7. The van der Waals surface area contributed by atoms with Crippen molar-refractivity contribution in [1.82, 2.24) is 19.5 Å². The minimum atomic E-state index is 0.497. The fourth-order valence-corrected chi connectivity index (χ4v) is 8.68. The van der Waals surface area contributed by atoms with E-state index in [1.807, 2.05) is 6.07 Å². The van der Waals surface area contributed by atoms with Crippen molar-refractivity contribution < 1.29 is 4.42 Å². The molecule has 0 amide bonds. The highest BCUT2D eigenvalue weighted by Crippen LogP contribution is 2.40. The molecule has 0 aliphatic heterocycles. The highest BCUT2D eigenvalue weighted by Gasteiger charge is 2.22. The molecule has 1 unspecified atom stereocenters. The standard InChI is InChI=1S/C53H38N4O/c1-33-23-26-48-46(29-33)43-25-24-37(32-49(43)58-48)39-27-34(2)28-40(31-39)52-54-51(38-16-11-15-36(30-38)35-13-5-3-6-14-35)55-53(56-52)45-21-12-20-44-42-19-9-10-22-47(42)57(50(44)45)41-17-7-4-8-18-41/h3-28,30-33H,29H2,1-2H3. The third kappa shape index (κ3) is 5.82. The molecule has 7 aromatic carbocycles. The molecule has 1 aliphatic rings. The molecule has 58 heavy (non-hydrogen) atoms. The fraction of sp³-hybridized carbons (Fsp3) is 0.0755. The van der Waals surface area contributed by atoms with Crippen LogP contribution in [0.2, 0.25) is 0 Å². The normalized spacial score (nSPS) is 13.7. The average Bonchev–Trinajstić information content (AvgIpc) is 3.81. The third-order valence-electron chi connectivity index (χ3n) is 11.4. The summed E-state index contributed by atoms with van der Waals surface area (Å²) in [6.45, 7) is 4.39. The molecule has 0 N–H and O–H groups in total. The lowest BCUT2D eigenvalue weighted by Crippen LogP contribution is -2.02. The first-order valence-corrected chi connectivity index (χ1v) is 19.9. The van der Waals surface area contributed by atoms with Gasteiger partial charge in [0.15, 0.2) is 17.5 Å². The number of rotatable bonds is 6. The third-order valence-corrected chi connectivity index (χ3v) is 11.4. The lowest BCUT2D eigenvalue weighted by atomic mass is 9.92. The number of nitrogens with zero attached hydrogens (tertiary/aromatic N) is 4. The molecule has 3 aromatic heterocycles. The lowest BCUT2D eigenvalue weighted by Gasteiger charge is -2.14. The van der Waals surface area contributed by atoms with Crippen molar-refractivity contribution in [2.45, 2.75) is 20.3 Å². The Morgan fingerprint density at radius 2 is 1.19 bits per heavy atom. The zero-order chi connectivity index (χ0) is 38.7. The molecule has 276 valence electrons. The van der Waals surface area contributed by atoms with Crippen LogP contribution in [0.15, 0.2) is 174 Å². The zero-order valence-corrected chi connectivity index (χ0v) is 32.2. The van der Waals surface area contributed by atoms with Gasteiger partial charge in [-0.3, -0.25) is 0 Å². The van der Waals surface area contributed by atoms with Gasteiger partial charge in [0.25, 0.3) is 0 Å². The number of hydrogen-bond acceptors (Lipinski definition) is 4. The molecule has 0 fully saturated rings. The zero-order valence-electron chi connectivity index (χ0n) is 32.2. The molecule has 0 saturated carbocycles. The van der Waals surface area contributed by atoms with Crippen molar-refractivity contribution in [3.05, 3.63) is 187 Å². The number of aromatic nitrogens is 4. The Kier molecular flexibility index (Phi) is 8.00. The summed E-state index contributed by atoms with van der Waals surface area (Å²) >= 11 is 0. The predicted molar refractivity (Wildman–Crippen MR) is 238 cm³/mol. The summed E-state index contributed by atoms with van der Waals surface area (Å²) in [4.78, 5) is 15.9. The largest absolute Gasteiger partial charge is 0.456 e. The second kappa shape index (κ2) is 13.7. The SMILES string of the molecule is Cc1cc(-c2ccc3c4c(oc3c2)C=CC(C)C4)cc(-c2nc(-c3cccc(-c4ccccc4)c3)nc(-c3cccc4c5ccccc5n(-c5ccccc5)c34)n2)c1. The van der Waals surface area contributed by atoms with Crippen LogP contribution in [0.4, 0.5) is 0 Å². The number of hydrogen-bond donors (Lipinski definition) is 0. The van der Waals surface area contributed by atoms with Crippen LogP contribution >= 0.6 is 0 Å². The van der Waals surface area contributed by atoms with Crippen LogP contribution in [0, 0.1) is 12.8 Å². The summed E-state index contributed by atoms with van der Waals surface area (Å²) < 4.78 is 8.73. The number of fused-ring (bicyclic) bond motifs is 6. The van der Waals surface area contributed by atoms with Crippen molar-refractivity contribution in [2.75, 3.05) is 0 Å². The van der Waals surface area contributed by atoms with Gasteiger partial charge in [0, 0.05) is 44.1 Å². The minimum absolute atomic E-state index is 0.497. The topological polar surface area (TPSA) is 56.7 Å². The van der Waals surface area contributed by atoms with Gasteiger partial charge >= 0.3 is 0 Å². The predicted octanol–water partition coefficient (Wildman–Crippen LogP) is 13.6. The van der Waals surface area contributed by atoms with Crippen molar-refractivity contribution in [2.24, 2.45) is 5.92 Å². The summed E-state index contributed by atoms with van der Waals surface area (Å²) in [5.41, 5.74) is 13.8. The number of allylic oxidation sites excluding steroid dienone is 1. The van der Waals surface area contributed by atoms with Gasteiger partial charge in [0.1, 0.15) is 11.3 Å². The van der Waals surface area contributed by atoms with Crippen LogP contribution in [0.1, 0.15) is 23.8 Å². The highest BCUT2D eigenvalue weighted by atomic mass is 16.3. The first kappa shape index (κ1) is 33.9. The van der Waals surface area contributed by atoms with Gasteiger partial charge < -0.3 is 8.98 Å². The Labute approximate surface area is 336 Å². The first-order valence-electron chi connectivity index (χ1n) is 19.9. The summed E-state index contributed by atoms with van der Waals surface area (Å²) in [5.74, 6) is 3.31. The molecule has 10 aromatic rings. The molecule has 1 atom stereocenters. The Balaban J connectivity index is 1.12. The van der Waals surface area contributed by atoms with E-state index in [1.54, 1.807) is 0 Å². The second-order valence-electron chi connectivity index (χ2n) is 15.4. The van der Waals surface area contributed by atoms with Gasteiger partial charge in [-0.05, 0) is 102 Å². The Morgan fingerprint density at radius 1 is 0.534 bits per heavy atom. The van der Waals surface area contributed by atoms with Gasteiger partial charge in [-0.15, -0.1) is 0 Å². The minimum Gasteiger partial charge on any atom is -0.456 e. The molecule has 0 bridgehead atoms. The van der Waals surface area contributed by atoms with Gasteiger partial charge in [0.2, 0.25) is 0 Å². The molecule has 5 heteroatoms. The molecule has 11 rings (SSSR count). The molecule has 3 heterocycles. The van der Waals surface area contributed by atoms with E-state index in [0.29, 0.717) is 23.4 Å². The second-order valence-corrected chi connectivity index (χ2v) is 15.4. The first-order chi connectivity index (χ1) is 28.5. The van der Waals surface area contributed by atoms with E-state index in [-0.39, 0.29) is 0 Å². The van der Waals surface area contributed by atoms with E-state index in [9.17, 15) is 0 Å². The van der Waals surface area contributed by atoms with Gasteiger partial charge in [-0.2, -0.15) is 0 Å². The quantitative estimate of drug-likeness (QED) is 0.170. The number of aryl methyl sites for hydroxylation is 1. The molecular weight excluding hydrogens is 709 g/mol. The number of benzene rings is 7. The van der Waals surface area contributed by atoms with E-state index >= 15 is 0 Å².